The van der Waals surface area contributed by atoms with Crippen molar-refractivity contribution in [1.82, 2.24) is 4.90 Å². The molecule has 6 heteroatoms. The number of hydrogen-bond acceptors (Lipinski definition) is 2. The van der Waals surface area contributed by atoms with E-state index in [1.165, 1.54) is 27.6 Å². The van der Waals surface area contributed by atoms with E-state index in [9.17, 15) is 0 Å². The van der Waals surface area contributed by atoms with Gasteiger partial charge >= 0.3 is 215 Å². The molecule has 2 atom stereocenters. The molecule has 176 valence electrons. The van der Waals surface area contributed by atoms with Gasteiger partial charge in [0.05, 0.1) is 0 Å². The van der Waals surface area contributed by atoms with Crippen LogP contribution in [0.2, 0.25) is 0 Å². The van der Waals surface area contributed by atoms with Crippen LogP contribution in [0.25, 0.3) is 0 Å². The first kappa shape index (κ1) is 28.4. The number of hydrogen-bond donors (Lipinski definition) is 0. The molecule has 0 aromatic heterocycles. The fourth-order valence-corrected chi connectivity index (χ4v) is 9.05. The predicted octanol–water partition coefficient (Wildman–Crippen LogP) is 7.52. The van der Waals surface area contributed by atoms with Crippen molar-refractivity contribution >= 4 is 51.2 Å². The molecular weight excluding hydrogens is 649 g/mol. The number of benzene rings is 2. The third-order valence-electron chi connectivity index (χ3n) is 6.39. The molecule has 0 amide bonds. The zero-order chi connectivity index (χ0) is 24.3. The molecule has 2 aromatic carbocycles. The Hall–Kier alpha value is 0.132. The van der Waals surface area contributed by atoms with E-state index in [1.54, 1.807) is 0 Å². The molecule has 0 saturated carbocycles. The van der Waals surface area contributed by atoms with Crippen LogP contribution in [0.15, 0.2) is 30.3 Å². The minimum absolute atomic E-state index is 0.0546. The fraction of sp³-hybridized carbons (Fsp3) is 0.538. The maximum atomic E-state index is 6.33. The Morgan fingerprint density at radius 2 is 1.69 bits per heavy atom. The second-order valence-electron chi connectivity index (χ2n) is 10.0. The quantitative estimate of drug-likeness (QED) is 0.200. The van der Waals surface area contributed by atoms with E-state index in [2.05, 4.69) is 97.7 Å². The molecule has 0 N–H and O–H groups in total. The van der Waals surface area contributed by atoms with Crippen LogP contribution in [0.1, 0.15) is 75.8 Å². The van der Waals surface area contributed by atoms with Crippen LogP contribution >= 0.6 is 25.2 Å². The molecule has 2 rings (SSSR count). The van der Waals surface area contributed by atoms with Crippen LogP contribution in [0, 0.1) is 13.8 Å². The van der Waals surface area contributed by atoms with Gasteiger partial charge in [0.25, 0.3) is 0 Å². The van der Waals surface area contributed by atoms with Gasteiger partial charge in [-0.25, -0.2) is 0 Å². The van der Waals surface area contributed by atoms with Crippen molar-refractivity contribution in [3.05, 3.63) is 58.1 Å². The van der Waals surface area contributed by atoms with Gasteiger partial charge in [-0.15, -0.1) is 0 Å². The Bertz CT molecular complexity index is 929. The molecule has 0 saturated heterocycles. The van der Waals surface area contributed by atoms with Gasteiger partial charge in [0.15, 0.2) is 0 Å². The summed E-state index contributed by atoms with van der Waals surface area (Å²) in [5, 5.41) is 1.41. The van der Waals surface area contributed by atoms with Crippen LogP contribution in [-0.4, -0.2) is 39.2 Å². The average Bonchev–Trinajstić information content (AvgIpc) is 2.70. The summed E-state index contributed by atoms with van der Waals surface area (Å²) in [6.07, 6.45) is 1.01. The fourth-order valence-electron chi connectivity index (χ4n) is 3.93. The Balaban J connectivity index is 2.68. The van der Waals surface area contributed by atoms with Crippen molar-refractivity contribution in [2.45, 2.75) is 78.9 Å². The van der Waals surface area contributed by atoms with Gasteiger partial charge in [-0.2, -0.15) is 0 Å². The first-order valence-corrected chi connectivity index (χ1v) is 25.4. The summed E-state index contributed by atoms with van der Waals surface area (Å²) in [4.78, 5) is 2.37. The third-order valence-corrected chi connectivity index (χ3v) is 11.7. The maximum absolute atomic E-state index is 6.33. The Morgan fingerprint density at radius 3 is 2.22 bits per heavy atom. The van der Waals surface area contributed by atoms with Gasteiger partial charge in [-0.1, -0.05) is 0 Å². The molecule has 0 aliphatic rings. The number of aryl methyl sites for hydroxylation is 2. The second-order valence-corrected chi connectivity index (χ2v) is 23.8. The van der Waals surface area contributed by atoms with E-state index in [0.717, 1.165) is 30.8 Å². The monoisotopic (exact) mass is 687 g/mol. The van der Waals surface area contributed by atoms with Crippen molar-refractivity contribution in [3.63, 3.8) is 0 Å². The zero-order valence-corrected chi connectivity index (χ0v) is 28.2. The summed E-state index contributed by atoms with van der Waals surface area (Å²) in [6.45, 7) is 20.1. The van der Waals surface area contributed by atoms with Crippen molar-refractivity contribution in [2.75, 3.05) is 13.6 Å². The third kappa shape index (κ3) is 7.07. The SMILES string of the molecule is CCN(C)Cc1cccc(C)c1PC(C)(CC)c1cc(C(C)(C)C)cc(C)c1[O][Tl]([Cl])[Cl]. The number of rotatable bonds is 9. The summed E-state index contributed by atoms with van der Waals surface area (Å²) >= 11 is -3.11. The van der Waals surface area contributed by atoms with E-state index in [0.29, 0.717) is 8.58 Å². The zero-order valence-electron chi connectivity index (χ0n) is 21.2. The van der Waals surface area contributed by atoms with Crippen molar-refractivity contribution in [1.29, 1.82) is 0 Å². The van der Waals surface area contributed by atoms with Gasteiger partial charge < -0.3 is 0 Å². The van der Waals surface area contributed by atoms with Gasteiger partial charge in [-0.05, 0) is 0 Å². The normalized spacial score (nSPS) is 14.2. The molecule has 0 fully saturated rings. The number of halogens is 2. The molecule has 2 unspecified atom stereocenters. The molecular formula is C26H39Cl2NOPTl. The first-order chi connectivity index (χ1) is 14.8. The van der Waals surface area contributed by atoms with Gasteiger partial charge in [0.2, 0.25) is 0 Å². The summed E-state index contributed by atoms with van der Waals surface area (Å²) in [7, 11) is 15.5. The van der Waals surface area contributed by atoms with E-state index in [4.69, 9.17) is 19.3 Å². The van der Waals surface area contributed by atoms with Gasteiger partial charge in [-0.3, -0.25) is 0 Å². The molecule has 32 heavy (non-hydrogen) atoms. The van der Waals surface area contributed by atoms with Crippen LogP contribution in [0.4, 0.5) is 0 Å². The summed E-state index contributed by atoms with van der Waals surface area (Å²) in [6, 6.07) is 11.3. The van der Waals surface area contributed by atoms with Crippen LogP contribution in [-0.2, 0) is 17.1 Å². The van der Waals surface area contributed by atoms with Crippen LogP contribution < -0.4 is 7.99 Å². The van der Waals surface area contributed by atoms with Crippen LogP contribution in [0.5, 0.6) is 5.75 Å². The summed E-state index contributed by atoms with van der Waals surface area (Å²) < 4.78 is 6.22. The minimum atomic E-state index is -3.11. The molecule has 0 aliphatic heterocycles. The molecule has 2 aromatic rings. The van der Waals surface area contributed by atoms with E-state index < -0.39 is 20.7 Å². The first-order valence-electron chi connectivity index (χ1n) is 11.5. The van der Waals surface area contributed by atoms with Crippen molar-refractivity contribution in [3.8, 4) is 5.75 Å². The van der Waals surface area contributed by atoms with Gasteiger partial charge in [0.1, 0.15) is 0 Å². The standard InChI is InChI=1S/C26H40NOP.2ClH.Tl/c1-10-26(8,22-16-21(25(5,6)7)15-19(4)23(22)28)29-24-18(3)13-12-14-20(24)17-27(9)11-2;;;/h12-16,28-29H,10-11,17H2,1-9H3;2*1H;/q;;;+3/p-3. The van der Waals surface area contributed by atoms with Crippen LogP contribution in [0.3, 0.4) is 0 Å². The molecule has 0 bridgehead atoms. The van der Waals surface area contributed by atoms with E-state index in [1.807, 2.05) is 0 Å². The Morgan fingerprint density at radius 1 is 1.03 bits per heavy atom. The predicted molar refractivity (Wildman–Crippen MR) is 147 cm³/mol. The second kappa shape index (κ2) is 11.7. The summed E-state index contributed by atoms with van der Waals surface area (Å²) in [5.74, 6) is 0.923. The van der Waals surface area contributed by atoms with E-state index >= 15 is 0 Å². The Kier molecular flexibility index (Phi) is 10.4. The molecule has 0 radical (unpaired) electrons. The topological polar surface area (TPSA) is 12.5 Å². The van der Waals surface area contributed by atoms with E-state index in [-0.39, 0.29) is 10.6 Å². The molecule has 2 nitrogen and oxygen atoms in total. The average molecular weight is 688 g/mol. The summed E-state index contributed by atoms with van der Waals surface area (Å²) in [5.41, 5.74) is 6.57. The van der Waals surface area contributed by atoms with Crippen molar-refractivity contribution < 1.29 is 2.69 Å². The van der Waals surface area contributed by atoms with Gasteiger partial charge in [0, 0.05) is 0 Å². The Labute approximate surface area is 213 Å². The number of nitrogens with zero attached hydrogens (tertiary/aromatic N) is 1. The molecule has 0 aliphatic carbocycles. The van der Waals surface area contributed by atoms with Crippen molar-refractivity contribution in [2.24, 2.45) is 0 Å². The molecule has 0 spiro atoms. The molecule has 0 heterocycles.